The van der Waals surface area contributed by atoms with Crippen molar-refractivity contribution >= 4 is 11.6 Å². The van der Waals surface area contributed by atoms with Gasteiger partial charge >= 0.3 is 0 Å². The van der Waals surface area contributed by atoms with E-state index in [1.54, 1.807) is 0 Å². The van der Waals surface area contributed by atoms with E-state index in [0.29, 0.717) is 26.1 Å². The van der Waals surface area contributed by atoms with Crippen LogP contribution in [0.1, 0.15) is 44.6 Å². The lowest BCUT2D eigenvalue weighted by molar-refractivity contribution is -0.132. The summed E-state index contributed by atoms with van der Waals surface area (Å²) in [7, 11) is 0. The molecule has 0 saturated heterocycles. The summed E-state index contributed by atoms with van der Waals surface area (Å²) in [5.41, 5.74) is 10.3. The van der Waals surface area contributed by atoms with E-state index in [1.165, 1.54) is 27.8 Å². The van der Waals surface area contributed by atoms with E-state index in [-0.39, 0.29) is 5.91 Å². The van der Waals surface area contributed by atoms with E-state index >= 15 is 0 Å². The van der Waals surface area contributed by atoms with E-state index < -0.39 is 0 Å². The Morgan fingerprint density at radius 2 is 1.90 bits per heavy atom. The Kier molecular flexibility index (Phi) is 4.27. The Hall–Kier alpha value is -3.27. The molecule has 3 aromatic rings. The third-order valence-electron chi connectivity index (χ3n) is 5.77. The lowest BCUT2D eigenvalue weighted by atomic mass is 9.91. The van der Waals surface area contributed by atoms with Crippen molar-refractivity contribution in [3.05, 3.63) is 99.4 Å². The Morgan fingerprint density at radius 3 is 2.72 bits per heavy atom. The second-order valence-corrected chi connectivity index (χ2v) is 8.04. The lowest BCUT2D eigenvalue weighted by Crippen LogP contribution is -2.35. The van der Waals surface area contributed by atoms with Crippen LogP contribution in [0.3, 0.4) is 0 Å². The molecule has 0 aliphatic carbocycles. The van der Waals surface area contributed by atoms with Crippen molar-refractivity contribution in [1.82, 2.24) is 9.88 Å². The Bertz CT molecular complexity index is 1160. The largest absolute Gasteiger partial charge is 0.334 e. The summed E-state index contributed by atoms with van der Waals surface area (Å²) in [5, 5.41) is 0. The van der Waals surface area contributed by atoms with Gasteiger partial charge in [0.15, 0.2) is 0 Å². The van der Waals surface area contributed by atoms with Gasteiger partial charge in [-0.1, -0.05) is 35.9 Å². The highest BCUT2D eigenvalue weighted by atomic mass is 16.2. The second kappa shape index (κ2) is 6.96. The first-order valence-corrected chi connectivity index (χ1v) is 10.0. The number of rotatable bonds is 3. The maximum Gasteiger partial charge on any atom is 0.227 e. The molecule has 2 aromatic carbocycles. The van der Waals surface area contributed by atoms with Crippen molar-refractivity contribution in [2.45, 2.75) is 39.9 Å². The van der Waals surface area contributed by atoms with Gasteiger partial charge in [0, 0.05) is 36.1 Å². The van der Waals surface area contributed by atoms with E-state index in [0.717, 1.165) is 22.5 Å². The van der Waals surface area contributed by atoms with Gasteiger partial charge in [-0.05, 0) is 54.3 Å². The van der Waals surface area contributed by atoms with Gasteiger partial charge in [-0.2, -0.15) is 0 Å². The molecule has 144 valence electrons. The van der Waals surface area contributed by atoms with Gasteiger partial charge in [0.05, 0.1) is 18.7 Å². The molecule has 0 N–H and O–H groups in total. The molecule has 0 spiro atoms. The van der Waals surface area contributed by atoms with Crippen LogP contribution in [-0.4, -0.2) is 21.5 Å². The number of nitrogens with zero attached hydrogens (tertiary/aromatic N) is 3. The number of aromatic nitrogens is 1. The Morgan fingerprint density at radius 1 is 1.00 bits per heavy atom. The van der Waals surface area contributed by atoms with Crippen molar-refractivity contribution in [1.29, 1.82) is 0 Å². The molecule has 0 saturated carbocycles. The fourth-order valence-corrected chi connectivity index (χ4v) is 4.34. The van der Waals surface area contributed by atoms with Crippen LogP contribution in [0.15, 0.2) is 59.7 Å². The molecule has 0 fully saturated rings. The number of benzene rings is 2. The number of carbonyl (C=O) groups is 1. The van der Waals surface area contributed by atoms with Gasteiger partial charge in [0.25, 0.3) is 0 Å². The fourth-order valence-electron chi connectivity index (χ4n) is 4.34. The first-order chi connectivity index (χ1) is 14.1. The summed E-state index contributed by atoms with van der Waals surface area (Å²) >= 11 is 0. The van der Waals surface area contributed by atoms with Crippen molar-refractivity contribution < 1.29 is 4.79 Å². The quantitative estimate of drug-likeness (QED) is 0.685. The highest BCUT2D eigenvalue weighted by Gasteiger charge is 2.27. The molecule has 3 heterocycles. The van der Waals surface area contributed by atoms with Crippen LogP contribution < -0.4 is 0 Å². The van der Waals surface area contributed by atoms with Crippen LogP contribution in [-0.2, 0) is 30.8 Å². The van der Waals surface area contributed by atoms with Crippen molar-refractivity contribution in [3.63, 3.8) is 0 Å². The maximum absolute atomic E-state index is 12.8. The molecular weight excluding hydrogens is 358 g/mol. The first kappa shape index (κ1) is 17.8. The number of fused-ring (bicyclic) bond motifs is 2. The second-order valence-electron chi connectivity index (χ2n) is 8.04. The molecule has 0 atom stereocenters. The summed E-state index contributed by atoms with van der Waals surface area (Å²) in [5.74, 6) is 0.197. The van der Waals surface area contributed by atoms with Gasteiger partial charge in [-0.25, -0.2) is 0 Å². The average molecular weight is 381 g/mol. The molecular formula is C25H23N3O. The van der Waals surface area contributed by atoms with E-state index in [1.807, 2.05) is 24.1 Å². The fraction of sp³-hybridized carbons (Fsp3) is 0.240. The van der Waals surface area contributed by atoms with Gasteiger partial charge in [-0.15, -0.1) is 0 Å². The number of hydrogen-bond donors (Lipinski definition) is 0. The number of aliphatic imine (C=N–C) groups is 1. The van der Waals surface area contributed by atoms with Gasteiger partial charge in [0.2, 0.25) is 5.91 Å². The molecule has 1 aromatic heterocycles. The van der Waals surface area contributed by atoms with Crippen molar-refractivity contribution in [2.24, 2.45) is 4.99 Å². The Labute approximate surface area is 170 Å². The number of hydrogen-bond acceptors (Lipinski definition) is 3. The average Bonchev–Trinajstić information content (AvgIpc) is 3.10. The molecule has 5 rings (SSSR count). The maximum atomic E-state index is 12.8. The molecule has 2 aliphatic heterocycles. The highest BCUT2D eigenvalue weighted by molar-refractivity contribution is 6.15. The third kappa shape index (κ3) is 3.35. The summed E-state index contributed by atoms with van der Waals surface area (Å²) in [6.45, 7) is 6.07. The first-order valence-electron chi connectivity index (χ1n) is 10.0. The third-order valence-corrected chi connectivity index (χ3v) is 5.77. The normalized spacial score (nSPS) is 15.2. The number of pyridine rings is 1. The van der Waals surface area contributed by atoms with Crippen LogP contribution in [0.5, 0.6) is 0 Å². The minimum Gasteiger partial charge on any atom is -0.334 e. The Balaban J connectivity index is 1.46. The standard InChI is InChI=1S/C25H23N3O/c1-16-4-3-5-18(8-16)14-28-15-22-11-23-21(10-20(22)12-24(28)29)13-27-25(23)19-6-7-26-17(2)9-19/h3-11H,12-15H2,1-2H3. The number of carbonyl (C=O) groups excluding carboxylic acids is 1. The summed E-state index contributed by atoms with van der Waals surface area (Å²) in [4.78, 5) is 23.8. The van der Waals surface area contributed by atoms with Crippen LogP contribution in [0, 0.1) is 13.8 Å². The zero-order chi connectivity index (χ0) is 20.0. The summed E-state index contributed by atoms with van der Waals surface area (Å²) < 4.78 is 0. The zero-order valence-corrected chi connectivity index (χ0v) is 16.8. The zero-order valence-electron chi connectivity index (χ0n) is 16.8. The summed E-state index contributed by atoms with van der Waals surface area (Å²) in [6.07, 6.45) is 2.31. The summed E-state index contributed by atoms with van der Waals surface area (Å²) in [6, 6.07) is 16.9. The smallest absolute Gasteiger partial charge is 0.227 e. The van der Waals surface area contributed by atoms with Crippen LogP contribution in [0.4, 0.5) is 0 Å². The van der Waals surface area contributed by atoms with E-state index in [2.05, 4.69) is 54.4 Å². The van der Waals surface area contributed by atoms with Gasteiger partial charge in [-0.3, -0.25) is 14.8 Å². The predicted octanol–water partition coefficient (Wildman–Crippen LogP) is 4.13. The molecule has 4 heteroatoms. The minimum absolute atomic E-state index is 0.197. The molecule has 1 amide bonds. The lowest BCUT2D eigenvalue weighted by Gasteiger charge is -2.29. The number of amides is 1. The van der Waals surface area contributed by atoms with Gasteiger partial charge in [0.1, 0.15) is 0 Å². The van der Waals surface area contributed by atoms with E-state index in [4.69, 9.17) is 4.99 Å². The monoisotopic (exact) mass is 381 g/mol. The molecule has 2 aliphatic rings. The molecule has 0 radical (unpaired) electrons. The van der Waals surface area contributed by atoms with Crippen molar-refractivity contribution in [3.8, 4) is 0 Å². The van der Waals surface area contributed by atoms with Crippen molar-refractivity contribution in [2.75, 3.05) is 0 Å². The molecule has 4 nitrogen and oxygen atoms in total. The van der Waals surface area contributed by atoms with E-state index in [9.17, 15) is 4.79 Å². The highest BCUT2D eigenvalue weighted by Crippen LogP contribution is 2.30. The number of aryl methyl sites for hydroxylation is 2. The SMILES string of the molecule is Cc1cccc(CN2Cc3cc4c(cc3CC2=O)CN=C4c2ccnc(C)c2)c1. The molecule has 0 bridgehead atoms. The van der Waals surface area contributed by atoms with Crippen LogP contribution in [0.2, 0.25) is 0 Å². The van der Waals surface area contributed by atoms with Crippen LogP contribution in [0.25, 0.3) is 0 Å². The van der Waals surface area contributed by atoms with Crippen LogP contribution >= 0.6 is 0 Å². The molecule has 29 heavy (non-hydrogen) atoms. The minimum atomic E-state index is 0.197. The predicted molar refractivity (Wildman–Crippen MR) is 114 cm³/mol. The van der Waals surface area contributed by atoms with Gasteiger partial charge < -0.3 is 4.90 Å². The molecule has 0 unspecified atom stereocenters. The topological polar surface area (TPSA) is 45.6 Å².